The van der Waals surface area contributed by atoms with E-state index in [1.54, 1.807) is 48.5 Å². The Labute approximate surface area is 133 Å². The molecular formula is C16H12Cl2O3. The van der Waals surface area contributed by atoms with Crippen LogP contribution < -0.4 is 9.47 Å². The summed E-state index contributed by atoms with van der Waals surface area (Å²) in [6.45, 7) is 0. The van der Waals surface area contributed by atoms with Crippen molar-refractivity contribution in [3.63, 3.8) is 0 Å². The highest BCUT2D eigenvalue weighted by Gasteiger charge is 1.91. The molecule has 21 heavy (non-hydrogen) atoms. The van der Waals surface area contributed by atoms with E-state index in [1.807, 2.05) is 0 Å². The van der Waals surface area contributed by atoms with E-state index in [4.69, 9.17) is 37.4 Å². The molecule has 0 unspecified atom stereocenters. The van der Waals surface area contributed by atoms with Gasteiger partial charge in [0.15, 0.2) is 0 Å². The number of hydrogen-bond acceptors (Lipinski definition) is 3. The normalized spacial score (nSPS) is 11.0. The van der Waals surface area contributed by atoms with E-state index in [1.165, 1.54) is 25.0 Å². The Morgan fingerprint density at radius 3 is 1.33 bits per heavy atom. The molecule has 0 N–H and O–H groups in total. The van der Waals surface area contributed by atoms with Gasteiger partial charge in [0.25, 0.3) is 0 Å². The molecule has 0 saturated carbocycles. The quantitative estimate of drug-likeness (QED) is 0.665. The fourth-order valence-corrected chi connectivity index (χ4v) is 1.60. The Hall–Kier alpha value is -2.10. The standard InChI is InChI=1S/C16H12Cl2O3/c17-13-1-5-15(6-2-13)20-11-9-19-10-12-21-16-7-3-14(18)4-8-16/h1-12H. The van der Waals surface area contributed by atoms with Crippen molar-refractivity contribution in [1.82, 2.24) is 0 Å². The molecule has 0 aliphatic heterocycles. The first-order valence-electron chi connectivity index (χ1n) is 6.04. The van der Waals surface area contributed by atoms with Crippen LogP contribution in [0.4, 0.5) is 0 Å². The van der Waals surface area contributed by atoms with Gasteiger partial charge >= 0.3 is 0 Å². The van der Waals surface area contributed by atoms with Crippen LogP contribution in [-0.2, 0) is 4.74 Å². The molecule has 108 valence electrons. The maximum atomic E-state index is 5.76. The van der Waals surface area contributed by atoms with Gasteiger partial charge in [-0.3, -0.25) is 0 Å². The highest BCUT2D eigenvalue weighted by atomic mass is 35.5. The zero-order valence-corrected chi connectivity index (χ0v) is 12.4. The van der Waals surface area contributed by atoms with Crippen LogP contribution >= 0.6 is 23.2 Å². The summed E-state index contributed by atoms with van der Waals surface area (Å²) >= 11 is 11.5. The predicted molar refractivity (Wildman–Crippen MR) is 83.5 cm³/mol. The lowest BCUT2D eigenvalue weighted by molar-refractivity contribution is 0.352. The van der Waals surface area contributed by atoms with Crippen molar-refractivity contribution in [2.75, 3.05) is 0 Å². The summed E-state index contributed by atoms with van der Waals surface area (Å²) in [5, 5.41) is 1.31. The number of halogens is 2. The summed E-state index contributed by atoms with van der Waals surface area (Å²) in [6, 6.07) is 14.0. The highest BCUT2D eigenvalue weighted by molar-refractivity contribution is 6.30. The molecule has 0 radical (unpaired) electrons. The van der Waals surface area contributed by atoms with Crippen LogP contribution in [0.2, 0.25) is 10.0 Å². The zero-order valence-electron chi connectivity index (χ0n) is 10.9. The Morgan fingerprint density at radius 1 is 0.571 bits per heavy atom. The third-order valence-electron chi connectivity index (χ3n) is 2.30. The Bertz CT molecular complexity index is 549. The molecule has 3 nitrogen and oxygen atoms in total. The van der Waals surface area contributed by atoms with Crippen LogP contribution in [0.15, 0.2) is 73.6 Å². The van der Waals surface area contributed by atoms with E-state index < -0.39 is 0 Å². The molecule has 0 atom stereocenters. The molecule has 0 fully saturated rings. The van der Waals surface area contributed by atoms with E-state index >= 15 is 0 Å². The lowest BCUT2D eigenvalue weighted by Gasteiger charge is -2.00. The number of hydrogen-bond donors (Lipinski definition) is 0. The van der Waals surface area contributed by atoms with Crippen LogP contribution in [-0.4, -0.2) is 0 Å². The topological polar surface area (TPSA) is 27.7 Å². The molecule has 0 bridgehead atoms. The van der Waals surface area contributed by atoms with Gasteiger partial charge in [-0.1, -0.05) is 23.2 Å². The lowest BCUT2D eigenvalue weighted by Crippen LogP contribution is -1.83. The van der Waals surface area contributed by atoms with Crippen molar-refractivity contribution in [1.29, 1.82) is 0 Å². The van der Waals surface area contributed by atoms with Crippen molar-refractivity contribution >= 4 is 23.2 Å². The maximum absolute atomic E-state index is 5.76. The monoisotopic (exact) mass is 322 g/mol. The fraction of sp³-hybridized carbons (Fsp3) is 0. The summed E-state index contributed by atoms with van der Waals surface area (Å²) in [5.74, 6) is 1.33. The number of rotatable bonds is 6. The molecule has 0 saturated heterocycles. The first-order valence-corrected chi connectivity index (χ1v) is 6.79. The molecule has 0 heterocycles. The second kappa shape index (κ2) is 8.25. The summed E-state index contributed by atoms with van der Waals surface area (Å²) in [6.07, 6.45) is 5.60. The molecule has 0 spiro atoms. The minimum atomic E-state index is 0.657. The Balaban J connectivity index is 1.68. The van der Waals surface area contributed by atoms with Gasteiger partial charge in [-0.2, -0.15) is 0 Å². The molecule has 2 rings (SSSR count). The minimum Gasteiger partial charge on any atom is -0.466 e. The van der Waals surface area contributed by atoms with Crippen LogP contribution in [0.1, 0.15) is 0 Å². The number of benzene rings is 2. The van der Waals surface area contributed by atoms with Gasteiger partial charge in [-0.05, 0) is 48.5 Å². The molecule has 5 heteroatoms. The molecule has 2 aromatic carbocycles. The molecule has 2 aromatic rings. The summed E-state index contributed by atoms with van der Waals surface area (Å²) in [7, 11) is 0. The summed E-state index contributed by atoms with van der Waals surface area (Å²) in [4.78, 5) is 0. The fourth-order valence-electron chi connectivity index (χ4n) is 1.35. The smallest absolute Gasteiger partial charge is 0.126 e. The minimum absolute atomic E-state index is 0.657. The average Bonchev–Trinajstić information content (AvgIpc) is 2.50. The van der Waals surface area contributed by atoms with Crippen molar-refractivity contribution in [3.05, 3.63) is 83.6 Å². The van der Waals surface area contributed by atoms with Gasteiger partial charge < -0.3 is 14.2 Å². The van der Waals surface area contributed by atoms with E-state index in [2.05, 4.69) is 0 Å². The lowest BCUT2D eigenvalue weighted by atomic mass is 10.3. The Kier molecular flexibility index (Phi) is 6.00. The van der Waals surface area contributed by atoms with Crippen molar-refractivity contribution < 1.29 is 14.2 Å². The van der Waals surface area contributed by atoms with Crippen LogP contribution in [0.3, 0.4) is 0 Å². The van der Waals surface area contributed by atoms with Gasteiger partial charge in [0.05, 0.1) is 0 Å². The SMILES string of the molecule is Clc1ccc(OC=COC=COc2ccc(Cl)cc2)cc1. The van der Waals surface area contributed by atoms with Gasteiger partial charge in [0.1, 0.15) is 36.5 Å². The average molecular weight is 323 g/mol. The second-order valence-electron chi connectivity index (χ2n) is 3.82. The van der Waals surface area contributed by atoms with Gasteiger partial charge in [-0.15, -0.1) is 0 Å². The van der Waals surface area contributed by atoms with Crippen molar-refractivity contribution in [3.8, 4) is 11.5 Å². The third-order valence-corrected chi connectivity index (χ3v) is 2.81. The van der Waals surface area contributed by atoms with Gasteiger partial charge in [0.2, 0.25) is 0 Å². The van der Waals surface area contributed by atoms with Crippen LogP contribution in [0, 0.1) is 0 Å². The van der Waals surface area contributed by atoms with E-state index in [9.17, 15) is 0 Å². The summed E-state index contributed by atoms with van der Waals surface area (Å²) < 4.78 is 15.6. The molecule has 0 amide bonds. The second-order valence-corrected chi connectivity index (χ2v) is 4.70. The van der Waals surface area contributed by atoms with Crippen molar-refractivity contribution in [2.45, 2.75) is 0 Å². The van der Waals surface area contributed by atoms with E-state index in [-0.39, 0.29) is 0 Å². The highest BCUT2D eigenvalue weighted by Crippen LogP contribution is 2.16. The maximum Gasteiger partial charge on any atom is 0.126 e. The first kappa shape index (κ1) is 15.3. The van der Waals surface area contributed by atoms with E-state index in [0.29, 0.717) is 21.5 Å². The summed E-state index contributed by atoms with van der Waals surface area (Å²) in [5.41, 5.74) is 0. The van der Waals surface area contributed by atoms with Gasteiger partial charge in [-0.25, -0.2) is 0 Å². The van der Waals surface area contributed by atoms with Crippen LogP contribution in [0.25, 0.3) is 0 Å². The number of ether oxygens (including phenoxy) is 3. The molecule has 0 aromatic heterocycles. The first-order chi connectivity index (χ1) is 10.2. The largest absolute Gasteiger partial charge is 0.466 e. The molecule has 0 aliphatic rings. The predicted octanol–water partition coefficient (Wildman–Crippen LogP) is 5.41. The van der Waals surface area contributed by atoms with Crippen molar-refractivity contribution in [2.24, 2.45) is 0 Å². The zero-order chi connectivity index (χ0) is 14.9. The van der Waals surface area contributed by atoms with Crippen LogP contribution in [0.5, 0.6) is 11.5 Å². The Morgan fingerprint density at radius 2 is 0.952 bits per heavy atom. The molecular weight excluding hydrogens is 311 g/mol. The molecule has 0 aliphatic carbocycles. The third kappa shape index (κ3) is 5.81. The van der Waals surface area contributed by atoms with Gasteiger partial charge in [0, 0.05) is 10.0 Å². The van der Waals surface area contributed by atoms with E-state index in [0.717, 1.165) is 0 Å².